The smallest absolute Gasteiger partial charge is 0.316 e. The predicted octanol–water partition coefficient (Wildman–Crippen LogP) is 3.41. The van der Waals surface area contributed by atoms with Crippen LogP contribution in [0.4, 0.5) is 16.2 Å². The Morgan fingerprint density at radius 1 is 1.22 bits per heavy atom. The Labute approximate surface area is 110 Å². The highest BCUT2D eigenvalue weighted by atomic mass is 32.1. The maximum absolute atomic E-state index is 10.7. The van der Waals surface area contributed by atoms with Crippen LogP contribution in [0.1, 0.15) is 17.8 Å². The summed E-state index contributed by atoms with van der Waals surface area (Å²) in [7, 11) is 0. The van der Waals surface area contributed by atoms with E-state index in [1.165, 1.54) is 4.88 Å². The largest absolute Gasteiger partial charge is 0.378 e. The number of amides is 2. The van der Waals surface area contributed by atoms with Gasteiger partial charge >= 0.3 is 6.03 Å². The Morgan fingerprint density at radius 2 is 1.89 bits per heavy atom. The third kappa shape index (κ3) is 3.24. The number of carbonyl (C=O) groups is 1. The SMILES string of the molecule is CC(Nc1ccc(NC(N)=O)cc1)c1cccs1. The number of nitrogens with two attached hydrogens (primary N) is 1. The maximum atomic E-state index is 10.7. The molecule has 18 heavy (non-hydrogen) atoms. The second-order valence-electron chi connectivity index (χ2n) is 3.95. The standard InChI is InChI=1S/C13H15N3OS/c1-9(12-3-2-8-18-12)15-10-4-6-11(7-5-10)16-13(14)17/h2-9,15H,1H3,(H3,14,16,17). The number of thiophene rings is 1. The van der Waals surface area contributed by atoms with Gasteiger partial charge < -0.3 is 16.4 Å². The van der Waals surface area contributed by atoms with E-state index >= 15 is 0 Å². The monoisotopic (exact) mass is 261 g/mol. The topological polar surface area (TPSA) is 67.2 Å². The number of nitrogens with one attached hydrogen (secondary N) is 2. The van der Waals surface area contributed by atoms with Crippen molar-refractivity contribution in [1.29, 1.82) is 0 Å². The summed E-state index contributed by atoms with van der Waals surface area (Å²) in [6.45, 7) is 2.11. The van der Waals surface area contributed by atoms with Gasteiger partial charge in [-0.25, -0.2) is 4.79 Å². The molecule has 2 rings (SSSR count). The molecule has 4 N–H and O–H groups in total. The fourth-order valence-electron chi connectivity index (χ4n) is 1.65. The van der Waals surface area contributed by atoms with Crippen molar-refractivity contribution in [1.82, 2.24) is 0 Å². The van der Waals surface area contributed by atoms with E-state index in [1.54, 1.807) is 11.3 Å². The molecule has 0 aliphatic heterocycles. The van der Waals surface area contributed by atoms with Crippen molar-refractivity contribution in [3.8, 4) is 0 Å². The van der Waals surface area contributed by atoms with E-state index < -0.39 is 6.03 Å². The van der Waals surface area contributed by atoms with Crippen LogP contribution in [0.3, 0.4) is 0 Å². The van der Waals surface area contributed by atoms with E-state index in [9.17, 15) is 4.79 Å². The average Bonchev–Trinajstić information content (AvgIpc) is 2.84. The van der Waals surface area contributed by atoms with Crippen molar-refractivity contribution in [2.45, 2.75) is 13.0 Å². The molecule has 1 aromatic carbocycles. The van der Waals surface area contributed by atoms with Crippen LogP contribution in [0, 0.1) is 0 Å². The maximum Gasteiger partial charge on any atom is 0.316 e. The van der Waals surface area contributed by atoms with Crippen molar-refractivity contribution < 1.29 is 4.79 Å². The average molecular weight is 261 g/mol. The highest BCUT2D eigenvalue weighted by Gasteiger charge is 2.05. The summed E-state index contributed by atoms with van der Waals surface area (Å²) in [4.78, 5) is 12.0. The molecule has 94 valence electrons. The molecule has 1 heterocycles. The summed E-state index contributed by atoms with van der Waals surface area (Å²) < 4.78 is 0. The lowest BCUT2D eigenvalue weighted by atomic mass is 10.2. The second kappa shape index (κ2) is 5.55. The van der Waals surface area contributed by atoms with Crippen LogP contribution in [0.15, 0.2) is 41.8 Å². The summed E-state index contributed by atoms with van der Waals surface area (Å²) in [6.07, 6.45) is 0. The molecule has 0 radical (unpaired) electrons. The van der Waals surface area contributed by atoms with Gasteiger partial charge in [0.2, 0.25) is 0 Å². The first-order chi connectivity index (χ1) is 8.65. The van der Waals surface area contributed by atoms with E-state index in [-0.39, 0.29) is 6.04 Å². The van der Waals surface area contributed by atoms with Crippen LogP contribution in [0.5, 0.6) is 0 Å². The first-order valence-corrected chi connectivity index (χ1v) is 6.49. The molecule has 1 atom stereocenters. The molecule has 0 saturated heterocycles. The number of hydrogen-bond donors (Lipinski definition) is 3. The minimum absolute atomic E-state index is 0.264. The second-order valence-corrected chi connectivity index (χ2v) is 4.93. The lowest BCUT2D eigenvalue weighted by Gasteiger charge is -2.14. The van der Waals surface area contributed by atoms with E-state index in [1.807, 2.05) is 30.3 Å². The number of carbonyl (C=O) groups excluding carboxylic acids is 1. The van der Waals surface area contributed by atoms with Gasteiger partial charge in [0.25, 0.3) is 0 Å². The zero-order valence-electron chi connectivity index (χ0n) is 10.0. The van der Waals surface area contributed by atoms with Crippen molar-refractivity contribution in [2.75, 3.05) is 10.6 Å². The van der Waals surface area contributed by atoms with Gasteiger partial charge in [0.1, 0.15) is 0 Å². The fourth-order valence-corrected chi connectivity index (χ4v) is 2.39. The van der Waals surface area contributed by atoms with E-state index in [0.29, 0.717) is 5.69 Å². The molecular weight excluding hydrogens is 246 g/mol. The van der Waals surface area contributed by atoms with Crippen LogP contribution >= 0.6 is 11.3 Å². The number of anilines is 2. The highest BCUT2D eigenvalue weighted by Crippen LogP contribution is 2.23. The Kier molecular flexibility index (Phi) is 3.84. The molecule has 1 unspecified atom stereocenters. The minimum atomic E-state index is -0.553. The first-order valence-electron chi connectivity index (χ1n) is 5.61. The summed E-state index contributed by atoms with van der Waals surface area (Å²) in [5, 5.41) is 7.98. The van der Waals surface area contributed by atoms with Gasteiger partial charge in [0.15, 0.2) is 0 Å². The third-order valence-electron chi connectivity index (χ3n) is 2.51. The Bertz CT molecular complexity index is 508. The van der Waals surface area contributed by atoms with Gasteiger partial charge in [-0.15, -0.1) is 11.3 Å². The number of urea groups is 1. The van der Waals surface area contributed by atoms with Crippen LogP contribution in [0.25, 0.3) is 0 Å². The third-order valence-corrected chi connectivity index (χ3v) is 3.56. The zero-order valence-corrected chi connectivity index (χ0v) is 10.8. The van der Waals surface area contributed by atoms with Gasteiger partial charge in [-0.05, 0) is 42.6 Å². The molecule has 1 aromatic heterocycles. The molecule has 5 heteroatoms. The van der Waals surface area contributed by atoms with Crippen molar-refractivity contribution in [3.63, 3.8) is 0 Å². The van der Waals surface area contributed by atoms with Gasteiger partial charge in [0.05, 0.1) is 6.04 Å². The molecule has 4 nitrogen and oxygen atoms in total. The molecule has 0 aliphatic carbocycles. The molecule has 2 amide bonds. The number of rotatable bonds is 4. The number of hydrogen-bond acceptors (Lipinski definition) is 3. The molecule has 0 aliphatic rings. The lowest BCUT2D eigenvalue weighted by molar-refractivity contribution is 0.259. The molecular formula is C13H15N3OS. The molecule has 0 fully saturated rings. The van der Waals surface area contributed by atoms with E-state index in [2.05, 4.69) is 29.0 Å². The van der Waals surface area contributed by atoms with Crippen molar-refractivity contribution in [3.05, 3.63) is 46.7 Å². The summed E-state index contributed by atoms with van der Waals surface area (Å²) in [6, 6.07) is 11.3. The van der Waals surface area contributed by atoms with Crippen molar-refractivity contribution >= 4 is 28.7 Å². The van der Waals surface area contributed by atoms with Crippen molar-refractivity contribution in [2.24, 2.45) is 5.73 Å². The van der Waals surface area contributed by atoms with Crippen LogP contribution in [0.2, 0.25) is 0 Å². The summed E-state index contributed by atoms with van der Waals surface area (Å²) in [5.41, 5.74) is 6.74. The normalized spacial score (nSPS) is 11.8. The molecule has 0 saturated carbocycles. The Morgan fingerprint density at radius 3 is 2.44 bits per heavy atom. The summed E-state index contributed by atoms with van der Waals surface area (Å²) >= 11 is 1.73. The van der Waals surface area contributed by atoms with Crippen LogP contribution in [-0.2, 0) is 0 Å². The molecule has 2 aromatic rings. The van der Waals surface area contributed by atoms with Crippen LogP contribution in [-0.4, -0.2) is 6.03 Å². The fraction of sp³-hybridized carbons (Fsp3) is 0.154. The minimum Gasteiger partial charge on any atom is -0.378 e. The first kappa shape index (κ1) is 12.4. The Hall–Kier alpha value is -2.01. The number of primary amides is 1. The molecule has 0 bridgehead atoms. The van der Waals surface area contributed by atoms with E-state index in [4.69, 9.17) is 5.73 Å². The lowest BCUT2D eigenvalue weighted by Crippen LogP contribution is -2.19. The van der Waals surface area contributed by atoms with Gasteiger partial charge in [-0.2, -0.15) is 0 Å². The van der Waals surface area contributed by atoms with Gasteiger partial charge in [-0.1, -0.05) is 6.07 Å². The predicted molar refractivity (Wildman–Crippen MR) is 76.0 cm³/mol. The summed E-state index contributed by atoms with van der Waals surface area (Å²) in [5.74, 6) is 0. The molecule has 0 spiro atoms. The quantitative estimate of drug-likeness (QED) is 0.789. The Balaban J connectivity index is 2.00. The highest BCUT2D eigenvalue weighted by molar-refractivity contribution is 7.10. The van der Waals surface area contributed by atoms with E-state index in [0.717, 1.165) is 5.69 Å². The number of benzene rings is 1. The van der Waals surface area contributed by atoms with Crippen LogP contribution < -0.4 is 16.4 Å². The van der Waals surface area contributed by atoms with Gasteiger partial charge in [-0.3, -0.25) is 0 Å². The zero-order chi connectivity index (χ0) is 13.0. The van der Waals surface area contributed by atoms with Gasteiger partial charge in [0, 0.05) is 16.3 Å².